The van der Waals surface area contributed by atoms with Gasteiger partial charge in [0.15, 0.2) is 0 Å². The highest BCUT2D eigenvalue weighted by Gasteiger charge is 2.08. The molecule has 2 nitrogen and oxygen atoms in total. The fourth-order valence-electron chi connectivity index (χ4n) is 2.05. The fraction of sp³-hybridized carbons (Fsp3) is 0.294. The summed E-state index contributed by atoms with van der Waals surface area (Å²) in [6, 6.07) is 16.4. The normalized spacial score (nSPS) is 12.2. The summed E-state index contributed by atoms with van der Waals surface area (Å²) in [4.78, 5) is 0. The van der Waals surface area contributed by atoms with Crippen LogP contribution in [-0.2, 0) is 6.42 Å². The maximum absolute atomic E-state index is 6.30. The van der Waals surface area contributed by atoms with Crippen LogP contribution in [0.2, 0.25) is 0 Å². The van der Waals surface area contributed by atoms with Gasteiger partial charge in [0.2, 0.25) is 0 Å². The van der Waals surface area contributed by atoms with Crippen molar-refractivity contribution < 1.29 is 4.74 Å². The molecule has 2 aromatic carbocycles. The Balaban J connectivity index is 2.04. The minimum atomic E-state index is -0.0126. The molecule has 20 heavy (non-hydrogen) atoms. The van der Waals surface area contributed by atoms with E-state index in [0.717, 1.165) is 35.2 Å². The van der Waals surface area contributed by atoms with Gasteiger partial charge in [0.25, 0.3) is 0 Å². The van der Waals surface area contributed by atoms with Gasteiger partial charge in [-0.05, 0) is 48.2 Å². The lowest BCUT2D eigenvalue weighted by molar-refractivity contribution is 0.317. The minimum Gasteiger partial charge on any atom is -0.494 e. The molecule has 3 heteroatoms. The maximum atomic E-state index is 6.30. The molecule has 0 saturated carbocycles. The van der Waals surface area contributed by atoms with Crippen molar-refractivity contribution in [1.82, 2.24) is 0 Å². The second kappa shape index (κ2) is 7.46. The Labute approximate surface area is 129 Å². The summed E-state index contributed by atoms with van der Waals surface area (Å²) in [7, 11) is 0. The number of ether oxygens (including phenoxy) is 1. The summed E-state index contributed by atoms with van der Waals surface area (Å²) in [6.07, 6.45) is 1.83. The Morgan fingerprint density at radius 3 is 2.60 bits per heavy atom. The molecule has 0 fully saturated rings. The summed E-state index contributed by atoms with van der Waals surface area (Å²) in [5.41, 5.74) is 8.64. The van der Waals surface area contributed by atoms with Gasteiger partial charge in [-0.15, -0.1) is 0 Å². The van der Waals surface area contributed by atoms with Crippen LogP contribution in [0.3, 0.4) is 0 Å². The van der Waals surface area contributed by atoms with E-state index in [1.165, 1.54) is 5.56 Å². The summed E-state index contributed by atoms with van der Waals surface area (Å²) in [5.74, 6) is 0.899. The first kappa shape index (κ1) is 15.1. The lowest BCUT2D eigenvalue weighted by Gasteiger charge is -2.14. The van der Waals surface area contributed by atoms with Gasteiger partial charge in [0.05, 0.1) is 6.61 Å². The first-order chi connectivity index (χ1) is 9.69. The van der Waals surface area contributed by atoms with Gasteiger partial charge in [0, 0.05) is 10.5 Å². The molecule has 0 aromatic heterocycles. The third-order valence-electron chi connectivity index (χ3n) is 3.13. The largest absolute Gasteiger partial charge is 0.494 e. The zero-order valence-corrected chi connectivity index (χ0v) is 13.3. The summed E-state index contributed by atoms with van der Waals surface area (Å²) in [5, 5.41) is 0. The van der Waals surface area contributed by atoms with Crippen LogP contribution in [-0.4, -0.2) is 6.61 Å². The Bertz CT molecular complexity index is 539. The molecule has 0 spiro atoms. The number of benzene rings is 2. The van der Waals surface area contributed by atoms with Crippen LogP contribution in [0.4, 0.5) is 0 Å². The molecular formula is C17H20BrNO. The average molecular weight is 334 g/mol. The smallest absolute Gasteiger partial charge is 0.119 e. The zero-order valence-electron chi connectivity index (χ0n) is 11.7. The SMILES string of the molecule is CCCOc1cccc(C(N)Cc2ccc(Br)cc2)c1. The fourth-order valence-corrected chi connectivity index (χ4v) is 2.31. The molecule has 2 N–H and O–H groups in total. The molecule has 0 amide bonds. The topological polar surface area (TPSA) is 35.2 Å². The molecule has 0 heterocycles. The van der Waals surface area contributed by atoms with Crippen LogP contribution in [0.15, 0.2) is 53.0 Å². The molecule has 0 bridgehead atoms. The Kier molecular flexibility index (Phi) is 5.62. The Hall–Kier alpha value is -1.32. The molecule has 1 atom stereocenters. The minimum absolute atomic E-state index is 0.0126. The van der Waals surface area contributed by atoms with E-state index in [1.807, 2.05) is 30.3 Å². The standard InChI is InChI=1S/C17H20BrNO/c1-2-10-20-16-5-3-4-14(12-16)17(19)11-13-6-8-15(18)9-7-13/h3-9,12,17H,2,10-11,19H2,1H3. The quantitative estimate of drug-likeness (QED) is 0.845. The second-order valence-electron chi connectivity index (χ2n) is 4.86. The Morgan fingerprint density at radius 1 is 1.15 bits per heavy atom. The van der Waals surface area contributed by atoms with Gasteiger partial charge in [-0.3, -0.25) is 0 Å². The van der Waals surface area contributed by atoms with Crippen molar-refractivity contribution in [3.8, 4) is 5.75 Å². The third-order valence-corrected chi connectivity index (χ3v) is 3.66. The molecule has 0 aliphatic carbocycles. The van der Waals surface area contributed by atoms with E-state index in [1.54, 1.807) is 0 Å². The summed E-state index contributed by atoms with van der Waals surface area (Å²) >= 11 is 3.44. The van der Waals surface area contributed by atoms with Crippen LogP contribution < -0.4 is 10.5 Å². The van der Waals surface area contributed by atoms with Crippen molar-refractivity contribution >= 4 is 15.9 Å². The third kappa shape index (κ3) is 4.36. The lowest BCUT2D eigenvalue weighted by Crippen LogP contribution is -2.13. The molecule has 0 saturated heterocycles. The van der Waals surface area contributed by atoms with E-state index in [2.05, 4.69) is 41.1 Å². The first-order valence-corrected chi connectivity index (χ1v) is 7.71. The highest BCUT2D eigenvalue weighted by Crippen LogP contribution is 2.22. The predicted octanol–water partition coefficient (Wildman–Crippen LogP) is 4.48. The number of hydrogen-bond donors (Lipinski definition) is 1. The lowest BCUT2D eigenvalue weighted by atomic mass is 9.99. The molecule has 0 radical (unpaired) electrons. The number of halogens is 1. The maximum Gasteiger partial charge on any atom is 0.119 e. The van der Waals surface area contributed by atoms with Crippen molar-refractivity contribution in [1.29, 1.82) is 0 Å². The second-order valence-corrected chi connectivity index (χ2v) is 5.77. The van der Waals surface area contributed by atoms with E-state index in [9.17, 15) is 0 Å². The number of rotatable bonds is 6. The van der Waals surface area contributed by atoms with E-state index < -0.39 is 0 Å². The van der Waals surface area contributed by atoms with E-state index in [0.29, 0.717) is 0 Å². The van der Waals surface area contributed by atoms with Crippen molar-refractivity contribution in [2.24, 2.45) is 5.73 Å². The van der Waals surface area contributed by atoms with E-state index in [-0.39, 0.29) is 6.04 Å². The van der Waals surface area contributed by atoms with Crippen LogP contribution >= 0.6 is 15.9 Å². The van der Waals surface area contributed by atoms with Crippen molar-refractivity contribution in [3.63, 3.8) is 0 Å². The van der Waals surface area contributed by atoms with Crippen LogP contribution in [0, 0.1) is 0 Å². The number of hydrogen-bond acceptors (Lipinski definition) is 2. The molecule has 0 aliphatic heterocycles. The van der Waals surface area contributed by atoms with Gasteiger partial charge >= 0.3 is 0 Å². The highest BCUT2D eigenvalue weighted by molar-refractivity contribution is 9.10. The molecular weight excluding hydrogens is 314 g/mol. The molecule has 1 unspecified atom stereocenters. The number of nitrogens with two attached hydrogens (primary N) is 1. The average Bonchev–Trinajstić information content (AvgIpc) is 2.48. The van der Waals surface area contributed by atoms with Crippen molar-refractivity contribution in [3.05, 3.63) is 64.1 Å². The van der Waals surface area contributed by atoms with Gasteiger partial charge in [-0.2, -0.15) is 0 Å². The monoisotopic (exact) mass is 333 g/mol. The van der Waals surface area contributed by atoms with Crippen molar-refractivity contribution in [2.75, 3.05) is 6.61 Å². The van der Waals surface area contributed by atoms with Crippen molar-refractivity contribution in [2.45, 2.75) is 25.8 Å². The van der Waals surface area contributed by atoms with Crippen LogP contribution in [0.25, 0.3) is 0 Å². The zero-order chi connectivity index (χ0) is 14.4. The van der Waals surface area contributed by atoms with Crippen LogP contribution in [0.5, 0.6) is 5.75 Å². The Morgan fingerprint density at radius 2 is 1.90 bits per heavy atom. The van der Waals surface area contributed by atoms with Gasteiger partial charge in [-0.25, -0.2) is 0 Å². The molecule has 2 aromatic rings. The summed E-state index contributed by atoms with van der Waals surface area (Å²) < 4.78 is 6.74. The van der Waals surface area contributed by atoms with Gasteiger partial charge in [-0.1, -0.05) is 47.1 Å². The van der Waals surface area contributed by atoms with E-state index in [4.69, 9.17) is 10.5 Å². The highest BCUT2D eigenvalue weighted by atomic mass is 79.9. The molecule has 0 aliphatic rings. The van der Waals surface area contributed by atoms with Crippen LogP contribution in [0.1, 0.15) is 30.5 Å². The first-order valence-electron chi connectivity index (χ1n) is 6.92. The summed E-state index contributed by atoms with van der Waals surface area (Å²) in [6.45, 7) is 2.84. The van der Waals surface area contributed by atoms with Gasteiger partial charge in [0.1, 0.15) is 5.75 Å². The predicted molar refractivity (Wildman–Crippen MR) is 87.0 cm³/mol. The van der Waals surface area contributed by atoms with E-state index >= 15 is 0 Å². The molecule has 2 rings (SSSR count). The molecule has 106 valence electrons. The van der Waals surface area contributed by atoms with Gasteiger partial charge < -0.3 is 10.5 Å².